The second-order valence-corrected chi connectivity index (χ2v) is 10.6. The van der Waals surface area contributed by atoms with Gasteiger partial charge in [-0.15, -0.1) is 11.3 Å². The van der Waals surface area contributed by atoms with Crippen molar-refractivity contribution in [2.24, 2.45) is 0 Å². The Morgan fingerprint density at radius 2 is 1.72 bits per heavy atom. The maximum Gasteiger partial charge on any atom is 0.252 e. The fourth-order valence-corrected chi connectivity index (χ4v) is 6.68. The zero-order valence-electron chi connectivity index (χ0n) is 16.0. The summed E-state index contributed by atoms with van der Waals surface area (Å²) in [5, 5.41) is 2.83. The van der Waals surface area contributed by atoms with Gasteiger partial charge in [0.05, 0.1) is 6.42 Å². The Kier molecular flexibility index (Phi) is 5.71. The van der Waals surface area contributed by atoms with Crippen molar-refractivity contribution < 1.29 is 18.0 Å². The number of amides is 2. The van der Waals surface area contributed by atoms with Gasteiger partial charge in [-0.2, -0.15) is 4.31 Å². The van der Waals surface area contributed by atoms with Crippen molar-refractivity contribution in [2.75, 3.05) is 29.9 Å². The molecule has 2 aliphatic rings. The normalized spacial score (nSPS) is 17.8. The first kappa shape index (κ1) is 20.1. The predicted molar refractivity (Wildman–Crippen MR) is 113 cm³/mol. The first-order valence-corrected chi connectivity index (χ1v) is 12.0. The van der Waals surface area contributed by atoms with E-state index < -0.39 is 10.0 Å². The van der Waals surface area contributed by atoms with Crippen LogP contribution in [0.1, 0.15) is 30.6 Å². The number of carbonyl (C=O) groups is 2. The Morgan fingerprint density at radius 3 is 2.38 bits per heavy atom. The maximum absolute atomic E-state index is 12.6. The average Bonchev–Trinajstić information content (AvgIpc) is 3.44. The van der Waals surface area contributed by atoms with Crippen LogP contribution in [0.15, 0.2) is 40.6 Å². The lowest BCUT2D eigenvalue weighted by Crippen LogP contribution is -2.27. The van der Waals surface area contributed by atoms with Crippen molar-refractivity contribution in [1.29, 1.82) is 0 Å². The van der Waals surface area contributed by atoms with Crippen LogP contribution in [0.2, 0.25) is 0 Å². The molecule has 0 radical (unpaired) electrons. The van der Waals surface area contributed by atoms with Gasteiger partial charge in [0.25, 0.3) is 10.0 Å². The van der Waals surface area contributed by atoms with E-state index in [0.717, 1.165) is 42.8 Å². The summed E-state index contributed by atoms with van der Waals surface area (Å²) in [6, 6.07) is 10.5. The summed E-state index contributed by atoms with van der Waals surface area (Å²) in [6.45, 7) is 1.86. The molecule has 2 fully saturated rings. The largest absolute Gasteiger partial charge is 0.326 e. The minimum Gasteiger partial charge on any atom is -0.326 e. The Labute approximate surface area is 174 Å². The number of carbonyl (C=O) groups excluding carboxylic acids is 2. The number of sulfonamides is 1. The lowest BCUT2D eigenvalue weighted by atomic mass is 10.2. The number of hydrogen-bond donors (Lipinski definition) is 1. The summed E-state index contributed by atoms with van der Waals surface area (Å²) < 4.78 is 27.0. The molecule has 2 saturated heterocycles. The van der Waals surface area contributed by atoms with E-state index in [9.17, 15) is 18.0 Å². The molecule has 0 aliphatic carbocycles. The number of hydrogen-bond acceptors (Lipinski definition) is 5. The zero-order chi connectivity index (χ0) is 20.4. The van der Waals surface area contributed by atoms with E-state index in [1.807, 2.05) is 12.1 Å². The molecule has 0 atom stereocenters. The summed E-state index contributed by atoms with van der Waals surface area (Å²) in [5.41, 5.74) is 1.48. The molecular formula is C20H23N3O4S2. The SMILES string of the molecule is O=C(Cc1ccc(S(=O)(=O)N2CCCC2)s1)Nc1ccc(N2CCCC2=O)cc1. The second kappa shape index (κ2) is 8.25. The van der Waals surface area contributed by atoms with Gasteiger partial charge >= 0.3 is 0 Å². The fraction of sp³-hybridized carbons (Fsp3) is 0.400. The third-order valence-electron chi connectivity index (χ3n) is 5.17. The summed E-state index contributed by atoms with van der Waals surface area (Å²) in [4.78, 5) is 26.6. The van der Waals surface area contributed by atoms with Gasteiger partial charge in [0, 0.05) is 42.3 Å². The lowest BCUT2D eigenvalue weighted by molar-refractivity contribution is -0.117. The highest BCUT2D eigenvalue weighted by atomic mass is 32.2. The molecule has 29 heavy (non-hydrogen) atoms. The zero-order valence-corrected chi connectivity index (χ0v) is 17.6. The standard InChI is InChI=1S/C20H23N3O4S2/c24-18(21-15-5-7-16(8-6-15)23-13-3-4-19(23)25)14-17-9-10-20(28-17)29(26,27)22-11-1-2-12-22/h5-10H,1-4,11-14H2,(H,21,24). The van der Waals surface area contributed by atoms with E-state index in [-0.39, 0.29) is 18.2 Å². The Bertz CT molecular complexity index is 1010. The minimum atomic E-state index is -3.44. The first-order valence-electron chi connectivity index (χ1n) is 9.73. The van der Waals surface area contributed by atoms with Gasteiger partial charge in [-0.05, 0) is 55.7 Å². The predicted octanol–water partition coefficient (Wildman–Crippen LogP) is 2.84. The first-order chi connectivity index (χ1) is 13.9. The van der Waals surface area contributed by atoms with Crippen molar-refractivity contribution in [2.45, 2.75) is 36.3 Å². The quantitative estimate of drug-likeness (QED) is 0.759. The molecule has 2 aromatic rings. The molecule has 154 valence electrons. The van der Waals surface area contributed by atoms with Crippen molar-refractivity contribution in [1.82, 2.24) is 4.31 Å². The molecule has 2 amide bonds. The molecule has 9 heteroatoms. The highest BCUT2D eigenvalue weighted by Gasteiger charge is 2.28. The number of thiophene rings is 1. The van der Waals surface area contributed by atoms with Gasteiger partial charge in [-0.3, -0.25) is 9.59 Å². The van der Waals surface area contributed by atoms with E-state index in [2.05, 4.69) is 5.32 Å². The second-order valence-electron chi connectivity index (χ2n) is 7.25. The van der Waals surface area contributed by atoms with Gasteiger partial charge in [0.15, 0.2) is 0 Å². The van der Waals surface area contributed by atoms with Crippen LogP contribution >= 0.6 is 11.3 Å². The topological polar surface area (TPSA) is 86.8 Å². The Balaban J connectivity index is 1.36. The maximum atomic E-state index is 12.6. The monoisotopic (exact) mass is 433 g/mol. The van der Waals surface area contributed by atoms with Gasteiger partial charge in [0.1, 0.15) is 4.21 Å². The van der Waals surface area contributed by atoms with Crippen LogP contribution in [0.25, 0.3) is 0 Å². The number of nitrogens with one attached hydrogen (secondary N) is 1. The molecule has 2 aliphatic heterocycles. The van der Waals surface area contributed by atoms with Crippen LogP contribution in [-0.2, 0) is 26.0 Å². The third kappa shape index (κ3) is 4.36. The van der Waals surface area contributed by atoms with E-state index >= 15 is 0 Å². The molecule has 1 N–H and O–H groups in total. The molecule has 0 bridgehead atoms. The van der Waals surface area contributed by atoms with Crippen molar-refractivity contribution in [3.63, 3.8) is 0 Å². The highest BCUT2D eigenvalue weighted by molar-refractivity contribution is 7.91. The molecule has 3 heterocycles. The van der Waals surface area contributed by atoms with Gasteiger partial charge in [-0.1, -0.05) is 0 Å². The molecule has 4 rings (SSSR count). The molecule has 1 aromatic carbocycles. The lowest BCUT2D eigenvalue weighted by Gasteiger charge is -2.16. The summed E-state index contributed by atoms with van der Waals surface area (Å²) >= 11 is 1.15. The van der Waals surface area contributed by atoms with Gasteiger partial charge < -0.3 is 10.2 Å². The number of nitrogens with zero attached hydrogens (tertiary/aromatic N) is 2. The van der Waals surface area contributed by atoms with E-state index in [4.69, 9.17) is 0 Å². The summed E-state index contributed by atoms with van der Waals surface area (Å²) in [7, 11) is -3.44. The number of anilines is 2. The van der Waals surface area contributed by atoms with Gasteiger partial charge in [0.2, 0.25) is 11.8 Å². The minimum absolute atomic E-state index is 0.118. The number of benzene rings is 1. The molecule has 1 aromatic heterocycles. The molecule has 0 unspecified atom stereocenters. The number of rotatable bonds is 6. The van der Waals surface area contributed by atoms with E-state index in [1.165, 1.54) is 4.31 Å². The van der Waals surface area contributed by atoms with Crippen LogP contribution in [0.5, 0.6) is 0 Å². The van der Waals surface area contributed by atoms with Crippen molar-refractivity contribution >= 4 is 44.5 Å². The van der Waals surface area contributed by atoms with Crippen LogP contribution < -0.4 is 10.2 Å². The van der Waals surface area contributed by atoms with Crippen LogP contribution in [0.4, 0.5) is 11.4 Å². The van der Waals surface area contributed by atoms with E-state index in [1.54, 1.807) is 29.2 Å². The highest BCUT2D eigenvalue weighted by Crippen LogP contribution is 2.28. The smallest absolute Gasteiger partial charge is 0.252 e. The summed E-state index contributed by atoms with van der Waals surface area (Å²) in [6.07, 6.45) is 3.35. The Hall–Kier alpha value is -2.23. The van der Waals surface area contributed by atoms with Crippen LogP contribution in [0, 0.1) is 0 Å². The Morgan fingerprint density at radius 1 is 1.00 bits per heavy atom. The molecular weight excluding hydrogens is 410 g/mol. The molecule has 7 nitrogen and oxygen atoms in total. The van der Waals surface area contributed by atoms with E-state index in [0.29, 0.717) is 34.3 Å². The van der Waals surface area contributed by atoms with Gasteiger partial charge in [-0.25, -0.2) is 8.42 Å². The fourth-order valence-electron chi connectivity index (χ4n) is 3.66. The summed E-state index contributed by atoms with van der Waals surface area (Å²) in [5.74, 6) is -0.0823. The average molecular weight is 434 g/mol. The molecule has 0 saturated carbocycles. The molecule has 0 spiro atoms. The van der Waals surface area contributed by atoms with Crippen LogP contribution in [-0.4, -0.2) is 44.2 Å². The van der Waals surface area contributed by atoms with Crippen molar-refractivity contribution in [3.05, 3.63) is 41.3 Å². The van der Waals surface area contributed by atoms with Crippen molar-refractivity contribution in [3.8, 4) is 0 Å². The third-order valence-corrected chi connectivity index (χ3v) is 8.62. The van der Waals surface area contributed by atoms with Crippen LogP contribution in [0.3, 0.4) is 0 Å².